The Labute approximate surface area is 97.8 Å². The van der Waals surface area contributed by atoms with E-state index < -0.39 is 12.6 Å². The Morgan fingerprint density at radius 3 is 2.76 bits per heavy atom. The third-order valence-electron chi connectivity index (χ3n) is 2.12. The van der Waals surface area contributed by atoms with Crippen molar-refractivity contribution in [1.29, 1.82) is 0 Å². The molecule has 1 N–H and O–H groups in total. The van der Waals surface area contributed by atoms with Crippen LogP contribution in [0.5, 0.6) is 0 Å². The molecule has 0 unspecified atom stereocenters. The van der Waals surface area contributed by atoms with E-state index in [0.29, 0.717) is 24.8 Å². The van der Waals surface area contributed by atoms with Crippen LogP contribution in [0.2, 0.25) is 0 Å². The van der Waals surface area contributed by atoms with Crippen LogP contribution in [0.15, 0.2) is 6.20 Å². The summed E-state index contributed by atoms with van der Waals surface area (Å²) in [6.07, 6.45) is -3.41. The first kappa shape index (κ1) is 13.8. The van der Waals surface area contributed by atoms with Crippen molar-refractivity contribution in [2.45, 2.75) is 26.1 Å². The van der Waals surface area contributed by atoms with Crippen LogP contribution in [0, 0.1) is 6.92 Å². The number of anilines is 1. The average Bonchev–Trinajstić information content (AvgIpc) is 2.56. The van der Waals surface area contributed by atoms with E-state index in [1.807, 2.05) is 0 Å². The van der Waals surface area contributed by atoms with Gasteiger partial charge in [0.2, 0.25) is 5.95 Å². The zero-order valence-electron chi connectivity index (χ0n) is 9.84. The molecule has 0 radical (unpaired) electrons. The molecule has 1 aromatic rings. The van der Waals surface area contributed by atoms with E-state index in [4.69, 9.17) is 4.74 Å². The van der Waals surface area contributed by atoms with Crippen LogP contribution >= 0.6 is 0 Å². The van der Waals surface area contributed by atoms with E-state index in [9.17, 15) is 13.2 Å². The Hall–Kier alpha value is -1.24. The van der Waals surface area contributed by atoms with Crippen molar-refractivity contribution in [1.82, 2.24) is 9.55 Å². The topological polar surface area (TPSA) is 39.1 Å². The minimum atomic E-state index is -4.15. The van der Waals surface area contributed by atoms with Gasteiger partial charge in [-0.25, -0.2) is 4.98 Å². The number of hydrogen-bond acceptors (Lipinski definition) is 3. The quantitative estimate of drug-likeness (QED) is 0.788. The molecular formula is C10H16F3N3O. The van der Waals surface area contributed by atoms with Crippen molar-refractivity contribution >= 4 is 5.95 Å². The first-order valence-corrected chi connectivity index (χ1v) is 5.25. The van der Waals surface area contributed by atoms with Crippen molar-refractivity contribution in [3.05, 3.63) is 11.9 Å². The van der Waals surface area contributed by atoms with Gasteiger partial charge >= 0.3 is 6.18 Å². The lowest BCUT2D eigenvalue weighted by molar-refractivity contribution is -0.136. The number of aryl methyl sites for hydroxylation is 2. The van der Waals surface area contributed by atoms with Crippen molar-refractivity contribution in [2.24, 2.45) is 0 Å². The van der Waals surface area contributed by atoms with Crippen molar-refractivity contribution in [3.63, 3.8) is 0 Å². The van der Waals surface area contributed by atoms with E-state index >= 15 is 0 Å². The first-order valence-electron chi connectivity index (χ1n) is 5.25. The van der Waals surface area contributed by atoms with E-state index in [2.05, 4.69) is 10.3 Å². The SMILES string of the molecule is COCCNc1nc(C)cn1CCC(F)(F)F. The summed E-state index contributed by atoms with van der Waals surface area (Å²) in [5, 5.41) is 2.93. The summed E-state index contributed by atoms with van der Waals surface area (Å²) < 4.78 is 42.7. The smallest absolute Gasteiger partial charge is 0.383 e. The zero-order chi connectivity index (χ0) is 12.9. The molecule has 4 nitrogen and oxygen atoms in total. The fraction of sp³-hybridized carbons (Fsp3) is 0.700. The van der Waals surface area contributed by atoms with Gasteiger partial charge in [-0.15, -0.1) is 0 Å². The van der Waals surface area contributed by atoms with Crippen LogP contribution < -0.4 is 5.32 Å². The fourth-order valence-corrected chi connectivity index (χ4v) is 1.37. The summed E-state index contributed by atoms with van der Waals surface area (Å²) in [7, 11) is 1.56. The third-order valence-corrected chi connectivity index (χ3v) is 2.12. The lowest BCUT2D eigenvalue weighted by atomic mass is 10.4. The second-order valence-corrected chi connectivity index (χ2v) is 3.68. The number of imidazole rings is 1. The summed E-state index contributed by atoms with van der Waals surface area (Å²) in [6, 6.07) is 0. The number of methoxy groups -OCH3 is 1. The lowest BCUT2D eigenvalue weighted by Gasteiger charge is -2.10. The lowest BCUT2D eigenvalue weighted by Crippen LogP contribution is -2.16. The Morgan fingerprint density at radius 1 is 1.47 bits per heavy atom. The number of ether oxygens (including phenoxy) is 1. The summed E-state index contributed by atoms with van der Waals surface area (Å²) in [4.78, 5) is 4.11. The van der Waals surface area contributed by atoms with Gasteiger partial charge < -0.3 is 14.6 Å². The number of nitrogens with zero attached hydrogens (tertiary/aromatic N) is 2. The maximum Gasteiger partial charge on any atom is 0.390 e. The highest BCUT2D eigenvalue weighted by molar-refractivity contribution is 5.28. The highest BCUT2D eigenvalue weighted by Gasteiger charge is 2.27. The Morgan fingerprint density at radius 2 is 2.18 bits per heavy atom. The second-order valence-electron chi connectivity index (χ2n) is 3.68. The van der Waals surface area contributed by atoms with E-state index in [1.54, 1.807) is 20.2 Å². The van der Waals surface area contributed by atoms with Crippen LogP contribution in [-0.4, -0.2) is 36.0 Å². The summed E-state index contributed by atoms with van der Waals surface area (Å²) in [6.45, 7) is 2.61. The van der Waals surface area contributed by atoms with E-state index in [1.165, 1.54) is 4.57 Å². The maximum absolute atomic E-state index is 12.1. The number of rotatable bonds is 6. The molecule has 0 aliphatic carbocycles. The number of halogens is 3. The summed E-state index contributed by atoms with van der Waals surface area (Å²) in [5.41, 5.74) is 0.687. The van der Waals surface area contributed by atoms with Gasteiger partial charge in [-0.05, 0) is 6.92 Å². The normalized spacial score (nSPS) is 11.8. The standard InChI is InChI=1S/C10H16F3N3O/c1-8-7-16(5-3-10(11,12)13)9(15-8)14-4-6-17-2/h7H,3-6H2,1-2H3,(H,14,15). The van der Waals surface area contributed by atoms with Crippen LogP contribution in [0.4, 0.5) is 19.1 Å². The number of alkyl halides is 3. The van der Waals surface area contributed by atoms with Gasteiger partial charge in [-0.1, -0.05) is 0 Å². The third kappa shape index (κ3) is 5.08. The van der Waals surface area contributed by atoms with Gasteiger partial charge in [0.1, 0.15) is 0 Å². The predicted octanol–water partition coefficient (Wildman–Crippen LogP) is 2.20. The van der Waals surface area contributed by atoms with Crippen LogP contribution in [0.3, 0.4) is 0 Å². The highest BCUT2D eigenvalue weighted by atomic mass is 19.4. The van der Waals surface area contributed by atoms with Gasteiger partial charge in [-0.2, -0.15) is 13.2 Å². The zero-order valence-corrected chi connectivity index (χ0v) is 9.84. The predicted molar refractivity (Wildman–Crippen MR) is 58.0 cm³/mol. The van der Waals surface area contributed by atoms with Crippen molar-refractivity contribution < 1.29 is 17.9 Å². The van der Waals surface area contributed by atoms with Crippen LogP contribution in [-0.2, 0) is 11.3 Å². The van der Waals surface area contributed by atoms with Crippen molar-refractivity contribution in [3.8, 4) is 0 Å². The molecule has 1 aromatic heterocycles. The molecule has 17 heavy (non-hydrogen) atoms. The van der Waals surface area contributed by atoms with E-state index in [0.717, 1.165) is 0 Å². The molecule has 0 fully saturated rings. The largest absolute Gasteiger partial charge is 0.390 e. The summed E-state index contributed by atoms with van der Waals surface area (Å²) >= 11 is 0. The number of hydrogen-bond donors (Lipinski definition) is 1. The molecule has 7 heteroatoms. The van der Waals surface area contributed by atoms with Crippen LogP contribution in [0.25, 0.3) is 0 Å². The molecule has 98 valence electrons. The van der Waals surface area contributed by atoms with Gasteiger partial charge in [0.15, 0.2) is 0 Å². The Balaban J connectivity index is 2.57. The number of nitrogens with one attached hydrogen (secondary N) is 1. The second kappa shape index (κ2) is 5.90. The Kier molecular flexibility index (Phi) is 4.80. The minimum absolute atomic E-state index is 0.125. The van der Waals surface area contributed by atoms with Crippen LogP contribution in [0.1, 0.15) is 12.1 Å². The highest BCUT2D eigenvalue weighted by Crippen LogP contribution is 2.21. The molecule has 0 saturated carbocycles. The molecule has 1 rings (SSSR count). The molecule has 0 amide bonds. The van der Waals surface area contributed by atoms with Gasteiger partial charge in [0, 0.05) is 26.4 Å². The van der Waals surface area contributed by atoms with Gasteiger partial charge in [0.05, 0.1) is 18.7 Å². The fourth-order valence-electron chi connectivity index (χ4n) is 1.37. The molecule has 0 atom stereocenters. The molecule has 0 aliphatic rings. The molecular weight excluding hydrogens is 235 g/mol. The minimum Gasteiger partial charge on any atom is -0.383 e. The molecule has 0 saturated heterocycles. The summed E-state index contributed by atoms with van der Waals surface area (Å²) in [5.74, 6) is 0.448. The molecule has 0 aromatic carbocycles. The van der Waals surface area contributed by atoms with E-state index in [-0.39, 0.29) is 6.54 Å². The van der Waals surface area contributed by atoms with Crippen molar-refractivity contribution in [2.75, 3.05) is 25.6 Å². The monoisotopic (exact) mass is 251 g/mol. The molecule has 0 spiro atoms. The average molecular weight is 251 g/mol. The molecule has 0 aliphatic heterocycles. The first-order chi connectivity index (χ1) is 7.92. The molecule has 1 heterocycles. The van der Waals surface area contributed by atoms with Gasteiger partial charge in [0.25, 0.3) is 0 Å². The maximum atomic E-state index is 12.1. The Bertz CT molecular complexity index is 349. The number of aromatic nitrogens is 2. The van der Waals surface area contributed by atoms with Gasteiger partial charge in [-0.3, -0.25) is 0 Å². The molecule has 0 bridgehead atoms.